The Hall–Kier alpha value is -2.36. The molecule has 1 aliphatic heterocycles. The van der Waals surface area contributed by atoms with Crippen molar-refractivity contribution in [1.29, 1.82) is 0 Å². The maximum absolute atomic E-state index is 10.6. The van der Waals surface area contributed by atoms with Crippen molar-refractivity contribution in [2.45, 2.75) is 57.2 Å². The van der Waals surface area contributed by atoms with Gasteiger partial charge in [0.2, 0.25) is 0 Å². The summed E-state index contributed by atoms with van der Waals surface area (Å²) in [5, 5.41) is 40.4. The fourth-order valence-electron chi connectivity index (χ4n) is 4.83. The van der Waals surface area contributed by atoms with E-state index >= 15 is 0 Å². The molecular weight excluding hydrogens is 504 g/mol. The molecule has 5 atom stereocenters. The second-order valence-corrected chi connectivity index (χ2v) is 12.1. The summed E-state index contributed by atoms with van der Waals surface area (Å²) in [5.74, 6) is 0. The molecule has 2 aromatic carbocycles. The Bertz CT molecular complexity index is 1360. The summed E-state index contributed by atoms with van der Waals surface area (Å²) in [4.78, 5) is 5.10. The minimum atomic E-state index is -1.39. The van der Waals surface area contributed by atoms with Crippen molar-refractivity contribution in [2.24, 2.45) is 0 Å². The van der Waals surface area contributed by atoms with Crippen LogP contribution in [0.1, 0.15) is 43.7 Å². The zero-order valence-electron chi connectivity index (χ0n) is 20.9. The van der Waals surface area contributed by atoms with Crippen molar-refractivity contribution in [1.82, 2.24) is 0 Å². The molecular formula is C30H32O5S2. The van der Waals surface area contributed by atoms with Crippen LogP contribution in [-0.4, -0.2) is 51.4 Å². The van der Waals surface area contributed by atoms with Gasteiger partial charge in [0, 0.05) is 32.4 Å². The monoisotopic (exact) mass is 536 g/mol. The van der Waals surface area contributed by atoms with Gasteiger partial charge in [-0.05, 0) is 65.9 Å². The van der Waals surface area contributed by atoms with Gasteiger partial charge in [-0.3, -0.25) is 0 Å². The molecule has 194 valence electrons. The molecule has 5 rings (SSSR count). The lowest BCUT2D eigenvalue weighted by Gasteiger charge is -2.40. The van der Waals surface area contributed by atoms with Crippen LogP contribution in [-0.2, 0) is 17.6 Å². The van der Waals surface area contributed by atoms with Crippen LogP contribution in [0.15, 0.2) is 66.7 Å². The number of aryl methyl sites for hydroxylation is 2. The van der Waals surface area contributed by atoms with E-state index in [9.17, 15) is 20.4 Å². The molecule has 7 heteroatoms. The smallest absolute Gasteiger partial charge is 0.113 e. The summed E-state index contributed by atoms with van der Waals surface area (Å²) in [6.45, 7) is 3.77. The van der Waals surface area contributed by atoms with Crippen LogP contribution in [0, 0.1) is 13.8 Å². The van der Waals surface area contributed by atoms with Crippen molar-refractivity contribution in [2.75, 3.05) is 6.61 Å². The first kappa shape index (κ1) is 26.3. The molecule has 0 aliphatic carbocycles. The van der Waals surface area contributed by atoms with Gasteiger partial charge in [-0.1, -0.05) is 42.5 Å². The standard InChI is InChI=1S/C30H32O5S2/c1-17-5-3-4-6-19(17)14-22-9-11-25(36-22)26-12-10-23(37-26)15-21-13-20(8-7-18(21)2)30-29(34)28(33)27(32)24(16-31)35-30/h3-13,24,27-34H,14-16H2,1-2H3/t24-,27-,28+,29-,30+/m1/s1. The van der Waals surface area contributed by atoms with E-state index in [0.717, 1.165) is 24.0 Å². The molecule has 0 bridgehead atoms. The highest BCUT2D eigenvalue weighted by atomic mass is 32.1. The molecule has 1 aliphatic rings. The molecule has 37 heavy (non-hydrogen) atoms. The lowest BCUT2D eigenvalue weighted by Crippen LogP contribution is -2.55. The zero-order chi connectivity index (χ0) is 26.1. The fraction of sp³-hybridized carbons (Fsp3) is 0.333. The van der Waals surface area contributed by atoms with Gasteiger partial charge < -0.3 is 25.2 Å². The Balaban J connectivity index is 1.32. The van der Waals surface area contributed by atoms with Gasteiger partial charge in [0.05, 0.1) is 6.61 Å². The third-order valence-corrected chi connectivity index (χ3v) is 9.52. The third kappa shape index (κ3) is 5.59. The van der Waals surface area contributed by atoms with Gasteiger partial charge in [-0.2, -0.15) is 0 Å². The van der Waals surface area contributed by atoms with Crippen molar-refractivity contribution >= 4 is 22.7 Å². The lowest BCUT2D eigenvalue weighted by molar-refractivity contribution is -0.231. The largest absolute Gasteiger partial charge is 0.394 e. The fourth-order valence-corrected chi connectivity index (χ4v) is 6.98. The molecule has 0 amide bonds. The quantitative estimate of drug-likeness (QED) is 0.273. The van der Waals surface area contributed by atoms with E-state index in [1.807, 2.05) is 29.5 Å². The number of rotatable bonds is 7. The van der Waals surface area contributed by atoms with Gasteiger partial charge in [-0.15, -0.1) is 22.7 Å². The molecule has 5 nitrogen and oxygen atoms in total. The van der Waals surface area contributed by atoms with Crippen LogP contribution >= 0.6 is 22.7 Å². The number of ether oxygens (including phenoxy) is 1. The molecule has 0 spiro atoms. The molecule has 1 fully saturated rings. The van der Waals surface area contributed by atoms with Gasteiger partial charge >= 0.3 is 0 Å². The van der Waals surface area contributed by atoms with E-state index in [2.05, 4.69) is 62.4 Å². The SMILES string of the molecule is Cc1ccccc1Cc1ccc(-c2ccc(Cc3cc([C@@H]4O[C@H](CO)[C@@H](O)[C@H](O)[C@H]4O)ccc3C)s2)s1. The first-order chi connectivity index (χ1) is 17.8. The van der Waals surface area contributed by atoms with Gasteiger partial charge in [0.25, 0.3) is 0 Å². The number of hydrogen-bond acceptors (Lipinski definition) is 7. The van der Waals surface area contributed by atoms with Crippen molar-refractivity contribution in [3.05, 3.63) is 104 Å². The van der Waals surface area contributed by atoms with E-state index in [0.29, 0.717) is 5.56 Å². The molecule has 2 aromatic heterocycles. The molecule has 0 saturated carbocycles. The van der Waals surface area contributed by atoms with E-state index in [-0.39, 0.29) is 0 Å². The maximum Gasteiger partial charge on any atom is 0.113 e. The summed E-state index contributed by atoms with van der Waals surface area (Å²) < 4.78 is 5.77. The van der Waals surface area contributed by atoms with E-state index < -0.39 is 37.1 Å². The van der Waals surface area contributed by atoms with Crippen LogP contribution in [0.5, 0.6) is 0 Å². The van der Waals surface area contributed by atoms with E-state index in [1.54, 1.807) is 11.3 Å². The molecule has 4 N–H and O–H groups in total. The van der Waals surface area contributed by atoms with Gasteiger partial charge in [0.1, 0.15) is 30.5 Å². The Morgan fingerprint density at radius 2 is 1.32 bits per heavy atom. The Kier molecular flexibility index (Phi) is 7.93. The molecule has 4 aromatic rings. The average Bonchev–Trinajstić information content (AvgIpc) is 3.55. The summed E-state index contributed by atoms with van der Waals surface area (Å²) in [6.07, 6.45) is -4.10. The summed E-state index contributed by atoms with van der Waals surface area (Å²) in [7, 11) is 0. The molecule has 1 saturated heterocycles. The molecule has 3 heterocycles. The van der Waals surface area contributed by atoms with Crippen molar-refractivity contribution in [3.63, 3.8) is 0 Å². The second-order valence-electron chi connectivity index (χ2n) is 9.75. The van der Waals surface area contributed by atoms with Crippen LogP contribution in [0.3, 0.4) is 0 Å². The topological polar surface area (TPSA) is 90.2 Å². The lowest BCUT2D eigenvalue weighted by atomic mass is 9.89. The minimum absolute atomic E-state index is 0.437. The number of aliphatic hydroxyl groups is 4. The Morgan fingerprint density at radius 3 is 1.97 bits per heavy atom. The highest BCUT2D eigenvalue weighted by Crippen LogP contribution is 2.37. The normalized spacial score (nSPS) is 23.9. The third-order valence-electron chi connectivity index (χ3n) is 7.15. The number of thiophene rings is 2. The number of benzene rings is 2. The summed E-state index contributed by atoms with van der Waals surface area (Å²) in [5.41, 5.74) is 5.62. The zero-order valence-corrected chi connectivity index (χ0v) is 22.5. The van der Waals surface area contributed by atoms with E-state index in [1.165, 1.54) is 30.6 Å². The van der Waals surface area contributed by atoms with Crippen LogP contribution in [0.25, 0.3) is 9.75 Å². The maximum atomic E-state index is 10.6. The predicted molar refractivity (Wildman–Crippen MR) is 148 cm³/mol. The second kappa shape index (κ2) is 11.2. The molecule has 0 unspecified atom stereocenters. The summed E-state index contributed by atoms with van der Waals surface area (Å²) >= 11 is 3.62. The van der Waals surface area contributed by atoms with E-state index in [4.69, 9.17) is 4.74 Å². The van der Waals surface area contributed by atoms with Gasteiger partial charge in [0.15, 0.2) is 0 Å². The number of hydrogen-bond donors (Lipinski definition) is 4. The van der Waals surface area contributed by atoms with Crippen molar-refractivity contribution in [3.8, 4) is 9.75 Å². The van der Waals surface area contributed by atoms with Crippen LogP contribution in [0.2, 0.25) is 0 Å². The Morgan fingerprint density at radius 1 is 0.703 bits per heavy atom. The van der Waals surface area contributed by atoms with Crippen LogP contribution in [0.4, 0.5) is 0 Å². The minimum Gasteiger partial charge on any atom is -0.394 e. The van der Waals surface area contributed by atoms with Crippen molar-refractivity contribution < 1.29 is 25.2 Å². The Labute approximate surface area is 225 Å². The first-order valence-corrected chi connectivity index (χ1v) is 14.1. The number of aliphatic hydroxyl groups excluding tert-OH is 4. The first-order valence-electron chi connectivity index (χ1n) is 12.5. The van der Waals surface area contributed by atoms with Gasteiger partial charge in [-0.25, -0.2) is 0 Å². The highest BCUT2D eigenvalue weighted by Gasteiger charge is 2.44. The summed E-state index contributed by atoms with van der Waals surface area (Å²) in [6, 6.07) is 23.1. The highest BCUT2D eigenvalue weighted by molar-refractivity contribution is 7.22. The predicted octanol–water partition coefficient (Wildman–Crippen LogP) is 4.79. The molecule has 0 radical (unpaired) electrons. The van der Waals surface area contributed by atoms with Crippen LogP contribution < -0.4 is 0 Å². The average molecular weight is 537 g/mol.